The second-order valence-corrected chi connectivity index (χ2v) is 27.1. The highest BCUT2D eigenvalue weighted by Crippen LogP contribution is 2.49. The molecule has 0 bridgehead atoms. The summed E-state index contributed by atoms with van der Waals surface area (Å²) in [5, 5.41) is 14.2. The first-order valence-corrected chi connectivity index (χ1v) is 35.7. The third kappa shape index (κ3) is 10.4. The topological polar surface area (TPSA) is 24.6 Å². The summed E-state index contributed by atoms with van der Waals surface area (Å²) in [5.74, 6) is 0. The van der Waals surface area contributed by atoms with Crippen molar-refractivity contribution in [2.75, 3.05) is 9.80 Å². The van der Waals surface area contributed by atoms with Crippen LogP contribution in [-0.4, -0.2) is 4.57 Å². The Labute approximate surface area is 602 Å². The minimum absolute atomic E-state index is 0.891. The molecule has 0 aliphatic rings. The fourth-order valence-electron chi connectivity index (χ4n) is 16.2. The number of hydrogen-bond acceptors (Lipinski definition) is 3. The zero-order valence-electron chi connectivity index (χ0n) is 56.8. The molecule has 0 fully saturated rings. The van der Waals surface area contributed by atoms with Crippen molar-refractivity contribution < 1.29 is 4.42 Å². The van der Waals surface area contributed by atoms with Crippen LogP contribution in [0.1, 0.15) is 0 Å². The van der Waals surface area contributed by atoms with Gasteiger partial charge in [-0.05, 0) is 197 Å². The van der Waals surface area contributed by atoms with Crippen LogP contribution in [0, 0.1) is 0 Å². The molecule has 0 radical (unpaired) electrons. The molecule has 0 saturated heterocycles. The molecule has 0 aliphatic heterocycles. The number of hydrogen-bond donors (Lipinski definition) is 0. The van der Waals surface area contributed by atoms with E-state index in [4.69, 9.17) is 4.42 Å². The highest BCUT2D eigenvalue weighted by molar-refractivity contribution is 6.19. The second-order valence-electron chi connectivity index (χ2n) is 27.1. The molecular weight excluding hydrogens is 1260 g/mol. The number of nitrogens with zero attached hydrogens (tertiary/aromatic N) is 3. The van der Waals surface area contributed by atoms with Gasteiger partial charge >= 0.3 is 0 Å². The van der Waals surface area contributed by atoms with Crippen LogP contribution >= 0.6 is 0 Å². The van der Waals surface area contributed by atoms with Crippen LogP contribution in [-0.2, 0) is 0 Å². The van der Waals surface area contributed by atoms with Gasteiger partial charge in [-0.15, -0.1) is 0 Å². The molecule has 486 valence electrons. The van der Waals surface area contributed by atoms with Gasteiger partial charge in [-0.1, -0.05) is 291 Å². The molecule has 2 aromatic heterocycles. The van der Waals surface area contributed by atoms with Gasteiger partial charge in [0.25, 0.3) is 0 Å². The quantitative estimate of drug-likeness (QED) is 0.108. The molecule has 0 aliphatic carbocycles. The summed E-state index contributed by atoms with van der Waals surface area (Å²) >= 11 is 0. The van der Waals surface area contributed by atoms with Crippen molar-refractivity contribution in [3.63, 3.8) is 0 Å². The maximum atomic E-state index is 6.24. The lowest BCUT2D eigenvalue weighted by molar-refractivity contribution is 0.669. The van der Waals surface area contributed by atoms with Crippen LogP contribution in [0.5, 0.6) is 0 Å². The number of fused-ring (bicyclic) bond motifs is 12. The average molecular weight is 1320 g/mol. The molecule has 20 rings (SSSR count). The lowest BCUT2D eigenvalue weighted by Gasteiger charge is -2.29. The van der Waals surface area contributed by atoms with Gasteiger partial charge < -0.3 is 18.8 Å². The van der Waals surface area contributed by atoms with Gasteiger partial charge in [0.05, 0.1) is 28.1 Å². The van der Waals surface area contributed by atoms with Crippen LogP contribution in [0.25, 0.3) is 159 Å². The molecule has 18 aromatic carbocycles. The number of aromatic nitrogens is 1. The van der Waals surface area contributed by atoms with E-state index in [0.717, 1.165) is 112 Å². The number of furan rings is 1. The van der Waals surface area contributed by atoms with Crippen LogP contribution in [0.15, 0.2) is 399 Å². The van der Waals surface area contributed by atoms with E-state index in [0.29, 0.717) is 0 Å². The summed E-state index contributed by atoms with van der Waals surface area (Å²) < 4.78 is 8.69. The Morgan fingerprint density at radius 2 is 0.635 bits per heavy atom. The van der Waals surface area contributed by atoms with Crippen molar-refractivity contribution in [1.82, 2.24) is 4.57 Å². The van der Waals surface area contributed by atoms with E-state index in [-0.39, 0.29) is 0 Å². The molecule has 0 saturated carbocycles. The van der Waals surface area contributed by atoms with Gasteiger partial charge in [-0.25, -0.2) is 0 Å². The molecule has 104 heavy (non-hydrogen) atoms. The molecule has 20 aromatic rings. The second kappa shape index (κ2) is 25.1. The smallest absolute Gasteiger partial charge is 0.135 e. The van der Waals surface area contributed by atoms with Crippen molar-refractivity contribution in [3.8, 4) is 72.4 Å². The zero-order chi connectivity index (χ0) is 68.6. The Hall–Kier alpha value is -13.8. The molecule has 2 heterocycles. The first-order chi connectivity index (χ1) is 51.6. The SMILES string of the molecule is c1ccc(-c2ccc(-c3ccc(N(c4ccc(-c5ccc6c(c5)c5ccccc5n6-c5cccc(-c6cccc7c6ccc6cccc(N(c8ccc(-c9ccc%10oc%11ccccc%11c%10c9)cc8)c8ccccc8-c8ccccc8)c67)c5)cc4)c4cccc5ccc6ccccc6c45)cc3)cc2)cc1. The highest BCUT2D eigenvalue weighted by atomic mass is 16.3. The molecule has 0 spiro atoms. The molecule has 4 nitrogen and oxygen atoms in total. The van der Waals surface area contributed by atoms with Crippen molar-refractivity contribution >= 4 is 121 Å². The molecule has 4 heteroatoms. The standard InChI is InChI=1S/C100H65N3O/c1-3-19-66(20-4-1)67-39-41-68(42-40-67)69-45-54-79(55-46-69)101(95-36-16-24-74-44-43-73-23-7-8-29-85(73)99(74)95)80-56-47-70(48-57-80)76-52-61-94-90(64-76)87-30-10-13-35-93(87)103(94)82-27-15-26-78(63-82)83-32-18-33-89-86(83)60-51-75-25-17-37-96(100(75)89)102(92-34-12-9-28-84(92)72-21-5-2-6-22-72)81-58-49-71(50-59-81)77-53-62-98-91(65-77)88-31-11-14-38-97(88)104-98/h1-65H. The average Bonchev–Trinajstić information content (AvgIpc) is 1.33. The van der Waals surface area contributed by atoms with E-state index >= 15 is 0 Å². The van der Waals surface area contributed by atoms with Crippen LogP contribution < -0.4 is 9.80 Å². The molecule has 0 amide bonds. The summed E-state index contributed by atoms with van der Waals surface area (Å²) in [6.45, 7) is 0. The Balaban J connectivity index is 0.660. The lowest BCUT2D eigenvalue weighted by Crippen LogP contribution is -2.12. The van der Waals surface area contributed by atoms with E-state index in [1.54, 1.807) is 0 Å². The van der Waals surface area contributed by atoms with Gasteiger partial charge in [-0.2, -0.15) is 0 Å². The largest absolute Gasteiger partial charge is 0.456 e. The van der Waals surface area contributed by atoms with Crippen LogP contribution in [0.2, 0.25) is 0 Å². The minimum atomic E-state index is 0.891. The Morgan fingerprint density at radius 3 is 1.35 bits per heavy atom. The van der Waals surface area contributed by atoms with E-state index in [1.165, 1.54) is 81.7 Å². The van der Waals surface area contributed by atoms with Crippen molar-refractivity contribution in [2.45, 2.75) is 0 Å². The first kappa shape index (κ1) is 60.2. The van der Waals surface area contributed by atoms with Crippen molar-refractivity contribution in [2.24, 2.45) is 0 Å². The van der Waals surface area contributed by atoms with Gasteiger partial charge in [0.2, 0.25) is 0 Å². The number of para-hydroxylation sites is 3. The summed E-state index contributed by atoms with van der Waals surface area (Å²) in [6, 6.07) is 144. The van der Waals surface area contributed by atoms with Crippen molar-refractivity contribution in [3.05, 3.63) is 394 Å². The predicted octanol–water partition coefficient (Wildman–Crippen LogP) is 28.2. The Bertz CT molecular complexity index is 6690. The van der Waals surface area contributed by atoms with Gasteiger partial charge in [0.15, 0.2) is 0 Å². The number of benzene rings is 18. The number of rotatable bonds is 13. The monoisotopic (exact) mass is 1320 g/mol. The highest BCUT2D eigenvalue weighted by Gasteiger charge is 2.24. The maximum absolute atomic E-state index is 6.24. The van der Waals surface area contributed by atoms with Crippen LogP contribution in [0.3, 0.4) is 0 Å². The van der Waals surface area contributed by atoms with Gasteiger partial charge in [0.1, 0.15) is 11.2 Å². The fraction of sp³-hybridized carbons (Fsp3) is 0. The van der Waals surface area contributed by atoms with Crippen LogP contribution in [0.4, 0.5) is 34.1 Å². The summed E-state index contributed by atoms with van der Waals surface area (Å²) in [6.07, 6.45) is 0. The van der Waals surface area contributed by atoms with Gasteiger partial charge in [-0.3, -0.25) is 0 Å². The lowest BCUT2D eigenvalue weighted by atomic mass is 9.93. The molecule has 0 atom stereocenters. The van der Waals surface area contributed by atoms with E-state index in [2.05, 4.69) is 397 Å². The molecular formula is C100H65N3O. The molecule has 0 unspecified atom stereocenters. The third-order valence-corrected chi connectivity index (χ3v) is 21.2. The molecule has 0 N–H and O–H groups in total. The Morgan fingerprint density at radius 1 is 0.202 bits per heavy atom. The van der Waals surface area contributed by atoms with E-state index < -0.39 is 0 Å². The number of anilines is 6. The van der Waals surface area contributed by atoms with Gasteiger partial charge in [0, 0.05) is 60.6 Å². The van der Waals surface area contributed by atoms with Crippen molar-refractivity contribution in [1.29, 1.82) is 0 Å². The zero-order valence-corrected chi connectivity index (χ0v) is 56.8. The normalized spacial score (nSPS) is 11.7. The third-order valence-electron chi connectivity index (χ3n) is 21.2. The summed E-state index contributed by atoms with van der Waals surface area (Å²) in [7, 11) is 0. The minimum Gasteiger partial charge on any atom is -0.456 e. The fourth-order valence-corrected chi connectivity index (χ4v) is 16.2. The summed E-state index contributed by atoms with van der Waals surface area (Å²) in [5.41, 5.74) is 25.7. The van der Waals surface area contributed by atoms with E-state index in [1.807, 2.05) is 12.1 Å². The predicted molar refractivity (Wildman–Crippen MR) is 440 cm³/mol. The summed E-state index contributed by atoms with van der Waals surface area (Å²) in [4.78, 5) is 4.89. The maximum Gasteiger partial charge on any atom is 0.135 e. The van der Waals surface area contributed by atoms with E-state index in [9.17, 15) is 0 Å². The Kier molecular flexibility index (Phi) is 14.5. The first-order valence-electron chi connectivity index (χ1n) is 35.7.